The van der Waals surface area contributed by atoms with E-state index in [4.69, 9.17) is 4.74 Å². The largest absolute Gasteiger partial charge is 0.465 e. The first kappa shape index (κ1) is 23.7. The van der Waals surface area contributed by atoms with Crippen molar-refractivity contribution in [2.24, 2.45) is 0 Å². The second kappa shape index (κ2) is 13.7. The van der Waals surface area contributed by atoms with E-state index in [1.165, 1.54) is 25.3 Å². The van der Waals surface area contributed by atoms with Crippen molar-refractivity contribution in [1.82, 2.24) is 10.6 Å². The van der Waals surface area contributed by atoms with Crippen LogP contribution in [-0.2, 0) is 4.74 Å². The molecule has 156 valence electrons. The van der Waals surface area contributed by atoms with E-state index >= 15 is 0 Å². The number of hydrogen-bond acceptors (Lipinski definition) is 4. The first-order chi connectivity index (χ1) is 13.5. The zero-order chi connectivity index (χ0) is 20.8. The zero-order valence-electron chi connectivity index (χ0n) is 17.4. The molecule has 0 spiro atoms. The molecule has 1 aromatic rings. The van der Waals surface area contributed by atoms with Crippen LogP contribution in [0.25, 0.3) is 0 Å². The fraction of sp³-hybridized carbons (Fsp3) is 0.591. The van der Waals surface area contributed by atoms with Crippen LogP contribution < -0.4 is 10.6 Å². The lowest BCUT2D eigenvalue weighted by Crippen LogP contribution is -2.30. The minimum absolute atomic E-state index is 0.199. The van der Waals surface area contributed by atoms with Gasteiger partial charge < -0.3 is 15.4 Å². The van der Waals surface area contributed by atoms with Gasteiger partial charge in [-0.05, 0) is 31.0 Å². The first-order valence-electron chi connectivity index (χ1n) is 10.3. The molecule has 0 fully saturated rings. The Labute approximate surface area is 168 Å². The summed E-state index contributed by atoms with van der Waals surface area (Å²) in [6.07, 6.45) is 8.40. The number of carbonyl (C=O) groups excluding carboxylic acids is 3. The zero-order valence-corrected chi connectivity index (χ0v) is 17.4. The van der Waals surface area contributed by atoms with Crippen molar-refractivity contribution in [1.29, 1.82) is 0 Å². The number of unbranched alkanes of at least 4 members (excludes halogenated alkanes) is 6. The summed E-state index contributed by atoms with van der Waals surface area (Å²) in [7, 11) is 1.28. The molecule has 0 unspecified atom stereocenters. The van der Waals surface area contributed by atoms with Gasteiger partial charge in [-0.25, -0.2) is 4.79 Å². The fourth-order valence-corrected chi connectivity index (χ4v) is 2.87. The molecule has 0 aliphatic rings. The molecule has 1 rings (SSSR count). The molecule has 0 radical (unpaired) electrons. The quantitative estimate of drug-likeness (QED) is 0.392. The van der Waals surface area contributed by atoms with Crippen LogP contribution in [-0.4, -0.2) is 38.0 Å². The summed E-state index contributed by atoms with van der Waals surface area (Å²) in [6.45, 7) is 5.37. The molecule has 0 aromatic heterocycles. The van der Waals surface area contributed by atoms with Crippen LogP contribution in [0.3, 0.4) is 0 Å². The van der Waals surface area contributed by atoms with Crippen LogP contribution in [0.1, 0.15) is 96.3 Å². The van der Waals surface area contributed by atoms with Gasteiger partial charge in [0.25, 0.3) is 11.8 Å². The molecule has 0 saturated heterocycles. The maximum Gasteiger partial charge on any atom is 0.337 e. The minimum Gasteiger partial charge on any atom is -0.465 e. The molecular formula is C22H34N2O4. The summed E-state index contributed by atoms with van der Waals surface area (Å²) >= 11 is 0. The molecule has 1 aromatic carbocycles. The Kier molecular flexibility index (Phi) is 11.6. The van der Waals surface area contributed by atoms with Crippen LogP contribution in [0, 0.1) is 0 Å². The summed E-state index contributed by atoms with van der Waals surface area (Å²) in [5.41, 5.74) is 0.719. The van der Waals surface area contributed by atoms with Gasteiger partial charge in [-0.15, -0.1) is 0 Å². The van der Waals surface area contributed by atoms with E-state index in [0.717, 1.165) is 51.4 Å². The van der Waals surface area contributed by atoms with E-state index in [0.29, 0.717) is 13.1 Å². The number of carbonyl (C=O) groups is 3. The van der Waals surface area contributed by atoms with Crippen molar-refractivity contribution in [3.63, 3.8) is 0 Å². The molecule has 0 heterocycles. The van der Waals surface area contributed by atoms with Gasteiger partial charge in [-0.3, -0.25) is 9.59 Å². The second-order valence-electron chi connectivity index (χ2n) is 6.89. The highest BCUT2D eigenvalue weighted by molar-refractivity contribution is 6.08. The fourth-order valence-electron chi connectivity index (χ4n) is 2.87. The first-order valence-corrected chi connectivity index (χ1v) is 10.3. The number of ether oxygens (including phenoxy) is 1. The monoisotopic (exact) mass is 390 g/mol. The standard InChI is InChI=1S/C22H34N2O4/c1-4-6-8-10-14-23-20(25)18-13-12-17(22(27)28-3)16-19(18)21(26)24-15-11-9-7-5-2/h12-13,16H,4-11,14-15H2,1-3H3,(H,23,25)(H,24,26). The summed E-state index contributed by atoms with van der Waals surface area (Å²) < 4.78 is 4.73. The Morgan fingerprint density at radius 2 is 1.32 bits per heavy atom. The van der Waals surface area contributed by atoms with E-state index in [2.05, 4.69) is 24.5 Å². The number of rotatable bonds is 13. The minimum atomic E-state index is -0.538. The highest BCUT2D eigenvalue weighted by atomic mass is 16.5. The molecule has 2 N–H and O–H groups in total. The average Bonchev–Trinajstić information content (AvgIpc) is 2.72. The van der Waals surface area contributed by atoms with Gasteiger partial charge in [0.2, 0.25) is 0 Å². The lowest BCUT2D eigenvalue weighted by molar-refractivity contribution is 0.0600. The lowest BCUT2D eigenvalue weighted by Gasteiger charge is -2.12. The van der Waals surface area contributed by atoms with E-state index in [1.807, 2.05) is 0 Å². The Bertz CT molecular complexity index is 643. The SMILES string of the molecule is CCCCCCNC(=O)c1ccc(C(=O)OC)cc1C(=O)NCCCCCC. The highest BCUT2D eigenvalue weighted by Gasteiger charge is 2.19. The van der Waals surface area contributed by atoms with Crippen LogP contribution >= 0.6 is 0 Å². The van der Waals surface area contributed by atoms with Gasteiger partial charge in [0.05, 0.1) is 23.8 Å². The Morgan fingerprint density at radius 3 is 1.82 bits per heavy atom. The number of nitrogens with one attached hydrogen (secondary N) is 2. The van der Waals surface area contributed by atoms with Gasteiger partial charge in [0.15, 0.2) is 0 Å². The van der Waals surface area contributed by atoms with Gasteiger partial charge >= 0.3 is 5.97 Å². The third-order valence-electron chi connectivity index (χ3n) is 4.56. The summed E-state index contributed by atoms with van der Waals surface area (Å²) in [5, 5.41) is 5.71. The van der Waals surface area contributed by atoms with Crippen molar-refractivity contribution in [3.8, 4) is 0 Å². The summed E-state index contributed by atoms with van der Waals surface area (Å²) in [6, 6.07) is 4.45. The molecule has 6 heteroatoms. The third kappa shape index (κ3) is 8.11. The topological polar surface area (TPSA) is 84.5 Å². The summed E-state index contributed by atoms with van der Waals surface area (Å²) in [5.74, 6) is -1.19. The van der Waals surface area contributed by atoms with Crippen LogP contribution in [0.4, 0.5) is 0 Å². The Balaban J connectivity index is 2.84. The van der Waals surface area contributed by atoms with E-state index in [9.17, 15) is 14.4 Å². The molecule has 0 bridgehead atoms. The van der Waals surface area contributed by atoms with Crippen LogP contribution in [0.15, 0.2) is 18.2 Å². The predicted molar refractivity (Wildman–Crippen MR) is 111 cm³/mol. The number of benzene rings is 1. The number of hydrogen-bond donors (Lipinski definition) is 2. The van der Waals surface area contributed by atoms with Crippen molar-refractivity contribution < 1.29 is 19.1 Å². The van der Waals surface area contributed by atoms with Crippen molar-refractivity contribution in [3.05, 3.63) is 34.9 Å². The van der Waals surface area contributed by atoms with Gasteiger partial charge in [-0.2, -0.15) is 0 Å². The smallest absolute Gasteiger partial charge is 0.337 e. The molecule has 0 aliphatic carbocycles. The number of esters is 1. The Hall–Kier alpha value is -2.37. The maximum absolute atomic E-state index is 12.6. The number of amides is 2. The van der Waals surface area contributed by atoms with E-state index in [-0.39, 0.29) is 28.5 Å². The van der Waals surface area contributed by atoms with Crippen molar-refractivity contribution in [2.45, 2.75) is 65.2 Å². The maximum atomic E-state index is 12.6. The normalized spacial score (nSPS) is 10.4. The van der Waals surface area contributed by atoms with Gasteiger partial charge in [-0.1, -0.05) is 52.4 Å². The molecular weight excluding hydrogens is 356 g/mol. The third-order valence-corrected chi connectivity index (χ3v) is 4.56. The average molecular weight is 391 g/mol. The van der Waals surface area contributed by atoms with Crippen molar-refractivity contribution >= 4 is 17.8 Å². The van der Waals surface area contributed by atoms with Crippen LogP contribution in [0.5, 0.6) is 0 Å². The lowest BCUT2D eigenvalue weighted by atomic mass is 10.0. The van der Waals surface area contributed by atoms with Gasteiger partial charge in [0.1, 0.15) is 0 Å². The highest BCUT2D eigenvalue weighted by Crippen LogP contribution is 2.14. The second-order valence-corrected chi connectivity index (χ2v) is 6.89. The Morgan fingerprint density at radius 1 is 0.786 bits per heavy atom. The predicted octanol–water partition coefficient (Wildman–Crippen LogP) is 4.09. The van der Waals surface area contributed by atoms with E-state index < -0.39 is 5.97 Å². The van der Waals surface area contributed by atoms with Crippen LogP contribution in [0.2, 0.25) is 0 Å². The molecule has 0 saturated carbocycles. The molecule has 6 nitrogen and oxygen atoms in total. The molecule has 28 heavy (non-hydrogen) atoms. The molecule has 2 amide bonds. The molecule has 0 atom stereocenters. The summed E-state index contributed by atoms with van der Waals surface area (Å²) in [4.78, 5) is 37.0. The van der Waals surface area contributed by atoms with Crippen molar-refractivity contribution in [2.75, 3.05) is 20.2 Å². The van der Waals surface area contributed by atoms with E-state index in [1.54, 1.807) is 0 Å². The van der Waals surface area contributed by atoms with Gasteiger partial charge in [0, 0.05) is 13.1 Å². The molecule has 0 aliphatic heterocycles. The number of methoxy groups -OCH3 is 1.